The summed E-state index contributed by atoms with van der Waals surface area (Å²) in [6, 6.07) is 12.9. The van der Waals surface area contributed by atoms with Crippen molar-refractivity contribution < 1.29 is 9.59 Å². The van der Waals surface area contributed by atoms with Gasteiger partial charge in [-0.25, -0.2) is 0 Å². The van der Waals surface area contributed by atoms with E-state index in [0.29, 0.717) is 15.6 Å². The Morgan fingerprint density at radius 2 is 1.63 bits per heavy atom. The number of hydrogen-bond acceptors (Lipinski definition) is 4. The molecule has 2 aliphatic rings. The zero-order valence-electron chi connectivity index (χ0n) is 16.8. The number of likely N-dealkylation sites (N-methyl/N-ethyl adjacent to an activating group) is 1. The highest BCUT2D eigenvalue weighted by Crippen LogP contribution is 2.35. The van der Waals surface area contributed by atoms with Crippen molar-refractivity contribution in [2.45, 2.75) is 26.2 Å². The summed E-state index contributed by atoms with van der Waals surface area (Å²) in [5.74, 6) is -0.720. The molecular weight excluding hydrogens is 421 g/mol. The Balaban J connectivity index is 1.67. The zero-order chi connectivity index (χ0) is 21.3. The summed E-state index contributed by atoms with van der Waals surface area (Å²) in [5, 5.41) is 3.96. The molecule has 0 radical (unpaired) electrons. The Morgan fingerprint density at radius 3 is 2.27 bits per heavy atom. The highest BCUT2D eigenvalue weighted by atomic mass is 35.5. The SMILES string of the molecule is CCN1C(=O)C(Nc2ccc(N3CCCCC3)cc2)=C(c2ccc(Cl)cc2Cl)C1=O. The largest absolute Gasteiger partial charge is 0.372 e. The third-order valence-corrected chi connectivity index (χ3v) is 6.09. The minimum atomic E-state index is -0.362. The number of carbonyl (C=O) groups is 2. The van der Waals surface area contributed by atoms with Gasteiger partial charge in [0.1, 0.15) is 5.70 Å². The van der Waals surface area contributed by atoms with Crippen LogP contribution in [0.25, 0.3) is 5.57 Å². The summed E-state index contributed by atoms with van der Waals surface area (Å²) in [5.41, 5.74) is 2.90. The lowest BCUT2D eigenvalue weighted by atomic mass is 10.0. The molecule has 2 aromatic rings. The quantitative estimate of drug-likeness (QED) is 0.645. The molecule has 0 bridgehead atoms. The molecule has 1 fully saturated rings. The number of nitrogens with zero attached hydrogens (tertiary/aromatic N) is 2. The molecule has 2 aromatic carbocycles. The van der Waals surface area contributed by atoms with Crippen LogP contribution in [0.5, 0.6) is 0 Å². The lowest BCUT2D eigenvalue weighted by molar-refractivity contribution is -0.136. The predicted octanol–water partition coefficient (Wildman–Crippen LogP) is 5.20. The molecule has 1 N–H and O–H groups in total. The number of nitrogens with one attached hydrogen (secondary N) is 1. The molecule has 4 rings (SSSR count). The molecule has 30 heavy (non-hydrogen) atoms. The first kappa shape index (κ1) is 20.8. The maximum absolute atomic E-state index is 13.0. The van der Waals surface area contributed by atoms with E-state index in [1.165, 1.54) is 29.8 Å². The molecule has 0 aromatic heterocycles. The first-order valence-corrected chi connectivity index (χ1v) is 10.9. The molecular formula is C23H23Cl2N3O2. The summed E-state index contributed by atoms with van der Waals surface area (Å²) in [7, 11) is 0. The van der Waals surface area contributed by atoms with Crippen molar-refractivity contribution in [2.75, 3.05) is 29.9 Å². The van der Waals surface area contributed by atoms with Gasteiger partial charge in [-0.3, -0.25) is 14.5 Å². The van der Waals surface area contributed by atoms with Gasteiger partial charge in [-0.1, -0.05) is 29.3 Å². The van der Waals surface area contributed by atoms with Crippen LogP contribution in [0, 0.1) is 0 Å². The van der Waals surface area contributed by atoms with Crippen molar-refractivity contribution >= 4 is 52.0 Å². The fraction of sp³-hybridized carbons (Fsp3) is 0.304. The third-order valence-electron chi connectivity index (χ3n) is 5.54. The average Bonchev–Trinajstić information content (AvgIpc) is 2.98. The van der Waals surface area contributed by atoms with Crippen molar-refractivity contribution in [2.24, 2.45) is 0 Å². The van der Waals surface area contributed by atoms with Crippen molar-refractivity contribution in [3.8, 4) is 0 Å². The molecule has 5 nitrogen and oxygen atoms in total. The monoisotopic (exact) mass is 443 g/mol. The van der Waals surface area contributed by atoms with Gasteiger partial charge in [0, 0.05) is 41.6 Å². The van der Waals surface area contributed by atoms with E-state index in [1.54, 1.807) is 25.1 Å². The van der Waals surface area contributed by atoms with E-state index in [4.69, 9.17) is 23.2 Å². The van der Waals surface area contributed by atoms with Crippen molar-refractivity contribution in [3.63, 3.8) is 0 Å². The first-order chi connectivity index (χ1) is 14.5. The normalized spacial score (nSPS) is 17.2. The second-order valence-electron chi connectivity index (χ2n) is 7.45. The predicted molar refractivity (Wildman–Crippen MR) is 122 cm³/mol. The van der Waals surface area contributed by atoms with Gasteiger partial charge in [0.25, 0.3) is 11.8 Å². The molecule has 156 valence electrons. The lowest BCUT2D eigenvalue weighted by Gasteiger charge is -2.28. The number of rotatable bonds is 5. The van der Waals surface area contributed by atoms with Gasteiger partial charge in [0.2, 0.25) is 0 Å². The van der Waals surface area contributed by atoms with Crippen LogP contribution in [0.15, 0.2) is 48.2 Å². The van der Waals surface area contributed by atoms with E-state index < -0.39 is 0 Å². The molecule has 2 aliphatic heterocycles. The van der Waals surface area contributed by atoms with Crippen molar-refractivity contribution in [3.05, 3.63) is 63.8 Å². The van der Waals surface area contributed by atoms with Gasteiger partial charge in [-0.15, -0.1) is 0 Å². The zero-order valence-corrected chi connectivity index (χ0v) is 18.3. The highest BCUT2D eigenvalue weighted by Gasteiger charge is 2.39. The summed E-state index contributed by atoms with van der Waals surface area (Å²) in [4.78, 5) is 29.5. The lowest BCUT2D eigenvalue weighted by Crippen LogP contribution is -2.32. The first-order valence-electron chi connectivity index (χ1n) is 10.2. The van der Waals surface area contributed by atoms with Crippen molar-refractivity contribution in [1.29, 1.82) is 0 Å². The van der Waals surface area contributed by atoms with E-state index in [1.807, 2.05) is 24.3 Å². The van der Waals surface area contributed by atoms with E-state index >= 15 is 0 Å². The molecule has 0 spiro atoms. The van der Waals surface area contributed by atoms with E-state index in [0.717, 1.165) is 18.8 Å². The average molecular weight is 444 g/mol. The summed E-state index contributed by atoms with van der Waals surface area (Å²) < 4.78 is 0. The number of anilines is 2. The number of imide groups is 1. The van der Waals surface area contributed by atoms with Crippen LogP contribution in [0.2, 0.25) is 10.0 Å². The summed E-state index contributed by atoms with van der Waals surface area (Å²) in [6.07, 6.45) is 3.70. The summed E-state index contributed by atoms with van der Waals surface area (Å²) in [6.45, 7) is 4.18. The van der Waals surface area contributed by atoms with Crippen LogP contribution < -0.4 is 10.2 Å². The van der Waals surface area contributed by atoms with Crippen LogP contribution in [-0.2, 0) is 9.59 Å². The van der Waals surface area contributed by atoms with Gasteiger partial charge < -0.3 is 10.2 Å². The molecule has 2 amide bonds. The molecule has 0 unspecified atom stereocenters. The maximum Gasteiger partial charge on any atom is 0.278 e. The van der Waals surface area contributed by atoms with Crippen molar-refractivity contribution in [1.82, 2.24) is 4.90 Å². The number of amides is 2. The van der Waals surface area contributed by atoms with Crippen LogP contribution >= 0.6 is 23.2 Å². The van der Waals surface area contributed by atoms with E-state index in [2.05, 4.69) is 10.2 Å². The minimum Gasteiger partial charge on any atom is -0.372 e. The van der Waals surface area contributed by atoms with Crippen LogP contribution in [0.1, 0.15) is 31.7 Å². The molecule has 0 saturated carbocycles. The van der Waals surface area contributed by atoms with Gasteiger partial charge in [-0.05, 0) is 62.6 Å². The van der Waals surface area contributed by atoms with Gasteiger partial charge in [0.15, 0.2) is 0 Å². The number of hydrogen-bond donors (Lipinski definition) is 1. The van der Waals surface area contributed by atoms with Gasteiger partial charge >= 0.3 is 0 Å². The van der Waals surface area contributed by atoms with Gasteiger partial charge in [0.05, 0.1) is 10.6 Å². The van der Waals surface area contributed by atoms with Crippen LogP contribution in [0.4, 0.5) is 11.4 Å². The van der Waals surface area contributed by atoms with Crippen LogP contribution in [0.3, 0.4) is 0 Å². The Morgan fingerprint density at radius 1 is 0.933 bits per heavy atom. The Labute approximate surface area is 186 Å². The molecule has 2 heterocycles. The fourth-order valence-electron chi connectivity index (χ4n) is 3.97. The van der Waals surface area contributed by atoms with Gasteiger partial charge in [-0.2, -0.15) is 0 Å². The number of halogens is 2. The molecule has 0 atom stereocenters. The highest BCUT2D eigenvalue weighted by molar-refractivity contribution is 6.41. The second-order valence-corrected chi connectivity index (χ2v) is 8.29. The fourth-order valence-corrected chi connectivity index (χ4v) is 4.48. The molecule has 0 aliphatic carbocycles. The number of carbonyl (C=O) groups excluding carboxylic acids is 2. The minimum absolute atomic E-state index is 0.233. The number of piperidine rings is 1. The Hall–Kier alpha value is -2.50. The van der Waals surface area contributed by atoms with E-state index in [9.17, 15) is 9.59 Å². The smallest absolute Gasteiger partial charge is 0.278 e. The third kappa shape index (κ3) is 3.92. The Bertz CT molecular complexity index is 1010. The molecule has 7 heteroatoms. The summed E-state index contributed by atoms with van der Waals surface area (Å²) >= 11 is 12.4. The number of benzene rings is 2. The maximum atomic E-state index is 13.0. The molecule has 1 saturated heterocycles. The topological polar surface area (TPSA) is 52.7 Å². The standard InChI is InChI=1S/C23H23Cl2N3O2/c1-2-28-22(29)20(18-11-6-15(24)14-19(18)25)21(23(28)30)26-16-7-9-17(10-8-16)27-12-4-3-5-13-27/h6-11,14,26H,2-5,12-13H2,1H3. The Kier molecular flexibility index (Phi) is 6.02. The van der Waals surface area contributed by atoms with Crippen LogP contribution in [-0.4, -0.2) is 36.3 Å². The van der Waals surface area contributed by atoms with E-state index in [-0.39, 0.29) is 29.6 Å². The second kappa shape index (κ2) is 8.70.